The van der Waals surface area contributed by atoms with E-state index in [2.05, 4.69) is 23.8 Å². The molecular formula is C8H15N3O. The topological polar surface area (TPSA) is 53.1 Å². The molecule has 1 aromatic heterocycles. The molecule has 12 heavy (non-hydrogen) atoms. The van der Waals surface area contributed by atoms with E-state index >= 15 is 0 Å². The average molecular weight is 169 g/mol. The molecule has 1 heterocycles. The predicted octanol–water partition coefficient (Wildman–Crippen LogP) is 0.897. The van der Waals surface area contributed by atoms with Crippen molar-refractivity contribution in [2.45, 2.75) is 26.3 Å². The van der Waals surface area contributed by atoms with Crippen LogP contribution in [0.5, 0.6) is 0 Å². The van der Waals surface area contributed by atoms with Crippen LogP contribution < -0.4 is 5.90 Å². The summed E-state index contributed by atoms with van der Waals surface area (Å²) in [7, 11) is 0. The van der Waals surface area contributed by atoms with E-state index in [0.29, 0.717) is 12.6 Å². The molecule has 0 spiro atoms. The largest absolute Gasteiger partial charge is 0.304 e. The van der Waals surface area contributed by atoms with Gasteiger partial charge in [0.25, 0.3) is 0 Å². The first-order chi connectivity index (χ1) is 5.75. The zero-order valence-electron chi connectivity index (χ0n) is 7.53. The summed E-state index contributed by atoms with van der Waals surface area (Å²) in [6.45, 7) is 4.73. The molecule has 0 saturated heterocycles. The predicted molar refractivity (Wildman–Crippen MR) is 46.5 cm³/mol. The van der Waals surface area contributed by atoms with Crippen molar-refractivity contribution < 1.29 is 4.84 Å². The molecule has 0 aromatic carbocycles. The minimum atomic E-state index is 0.396. The molecular weight excluding hydrogens is 154 g/mol. The summed E-state index contributed by atoms with van der Waals surface area (Å²) >= 11 is 0. The van der Waals surface area contributed by atoms with Crippen LogP contribution in [-0.2, 0) is 11.3 Å². The van der Waals surface area contributed by atoms with Gasteiger partial charge in [0.15, 0.2) is 0 Å². The molecule has 0 aliphatic carbocycles. The highest BCUT2D eigenvalue weighted by atomic mass is 16.6. The van der Waals surface area contributed by atoms with Gasteiger partial charge in [-0.05, 0) is 19.9 Å². The van der Waals surface area contributed by atoms with Crippen molar-refractivity contribution in [2.75, 3.05) is 6.61 Å². The van der Waals surface area contributed by atoms with Crippen LogP contribution in [0.4, 0.5) is 0 Å². The van der Waals surface area contributed by atoms with E-state index in [9.17, 15) is 0 Å². The molecule has 4 heteroatoms. The summed E-state index contributed by atoms with van der Waals surface area (Å²) < 4.78 is 1.97. The average Bonchev–Trinajstić information content (AvgIpc) is 2.48. The van der Waals surface area contributed by atoms with Crippen molar-refractivity contribution in [3.63, 3.8) is 0 Å². The van der Waals surface area contributed by atoms with Gasteiger partial charge < -0.3 is 4.84 Å². The lowest BCUT2D eigenvalue weighted by atomic mass is 10.3. The normalized spacial score (nSPS) is 11.0. The minimum absolute atomic E-state index is 0.396. The second-order valence-corrected chi connectivity index (χ2v) is 2.98. The fourth-order valence-electron chi connectivity index (χ4n) is 1.17. The smallest absolute Gasteiger partial charge is 0.0734 e. The molecule has 68 valence electrons. The van der Waals surface area contributed by atoms with Gasteiger partial charge in [-0.25, -0.2) is 5.90 Å². The molecule has 0 aliphatic rings. The summed E-state index contributed by atoms with van der Waals surface area (Å²) in [4.78, 5) is 4.51. The lowest BCUT2D eigenvalue weighted by Gasteiger charge is -2.09. The standard InChI is InChI=1S/C8H15N3O/c1-7(2)11-8(3-5-10-11)4-6-12-9/h3,5,7H,4,6,9H2,1-2H3. The van der Waals surface area contributed by atoms with Gasteiger partial charge in [-0.3, -0.25) is 4.68 Å². The van der Waals surface area contributed by atoms with Gasteiger partial charge in [0.05, 0.1) is 6.61 Å². The van der Waals surface area contributed by atoms with Gasteiger partial charge in [0, 0.05) is 24.4 Å². The van der Waals surface area contributed by atoms with Crippen molar-refractivity contribution in [2.24, 2.45) is 5.90 Å². The van der Waals surface area contributed by atoms with Gasteiger partial charge in [-0.1, -0.05) is 0 Å². The summed E-state index contributed by atoms with van der Waals surface area (Å²) in [6, 6.07) is 2.38. The molecule has 0 aliphatic heterocycles. The second-order valence-electron chi connectivity index (χ2n) is 2.98. The van der Waals surface area contributed by atoms with E-state index in [1.807, 2.05) is 10.7 Å². The lowest BCUT2D eigenvalue weighted by Crippen LogP contribution is -2.11. The maximum atomic E-state index is 4.94. The molecule has 0 atom stereocenters. The lowest BCUT2D eigenvalue weighted by molar-refractivity contribution is 0.139. The Morgan fingerprint density at radius 1 is 1.67 bits per heavy atom. The molecule has 1 aromatic rings. The van der Waals surface area contributed by atoms with Crippen molar-refractivity contribution in [3.05, 3.63) is 18.0 Å². The van der Waals surface area contributed by atoms with Crippen molar-refractivity contribution >= 4 is 0 Å². The van der Waals surface area contributed by atoms with Gasteiger partial charge in [-0.15, -0.1) is 0 Å². The maximum absolute atomic E-state index is 4.94. The van der Waals surface area contributed by atoms with E-state index < -0.39 is 0 Å². The van der Waals surface area contributed by atoms with E-state index in [1.165, 1.54) is 0 Å². The first-order valence-electron chi connectivity index (χ1n) is 4.09. The minimum Gasteiger partial charge on any atom is -0.304 e. The Hall–Kier alpha value is -0.870. The number of hydrogen-bond acceptors (Lipinski definition) is 3. The molecule has 1 rings (SSSR count). The van der Waals surface area contributed by atoms with Crippen molar-refractivity contribution in [3.8, 4) is 0 Å². The fraction of sp³-hybridized carbons (Fsp3) is 0.625. The Balaban J connectivity index is 2.64. The number of rotatable bonds is 4. The summed E-state index contributed by atoms with van der Waals surface area (Å²) in [6.07, 6.45) is 2.61. The van der Waals surface area contributed by atoms with Crippen LogP contribution in [0, 0.1) is 0 Å². The van der Waals surface area contributed by atoms with Gasteiger partial charge >= 0.3 is 0 Å². The fourth-order valence-corrected chi connectivity index (χ4v) is 1.17. The molecule has 0 unspecified atom stereocenters. The van der Waals surface area contributed by atoms with Crippen LogP contribution in [0.2, 0.25) is 0 Å². The van der Waals surface area contributed by atoms with E-state index in [-0.39, 0.29) is 0 Å². The van der Waals surface area contributed by atoms with Crippen LogP contribution in [0.1, 0.15) is 25.6 Å². The van der Waals surface area contributed by atoms with Crippen LogP contribution in [0.25, 0.3) is 0 Å². The number of hydrogen-bond donors (Lipinski definition) is 1. The first kappa shape index (κ1) is 9.22. The highest BCUT2D eigenvalue weighted by Gasteiger charge is 2.04. The molecule has 2 N–H and O–H groups in total. The molecule has 0 radical (unpaired) electrons. The Kier molecular flexibility index (Phi) is 3.25. The van der Waals surface area contributed by atoms with Crippen LogP contribution >= 0.6 is 0 Å². The van der Waals surface area contributed by atoms with E-state index in [1.54, 1.807) is 6.20 Å². The number of nitrogens with two attached hydrogens (primary N) is 1. The Bertz CT molecular complexity index is 232. The first-order valence-corrected chi connectivity index (χ1v) is 4.09. The third-order valence-corrected chi connectivity index (χ3v) is 1.72. The maximum Gasteiger partial charge on any atom is 0.0734 e. The molecule has 4 nitrogen and oxygen atoms in total. The Labute approximate surface area is 72.3 Å². The molecule has 0 fully saturated rings. The quantitative estimate of drug-likeness (QED) is 0.681. The van der Waals surface area contributed by atoms with Gasteiger partial charge in [0.2, 0.25) is 0 Å². The van der Waals surface area contributed by atoms with E-state index in [0.717, 1.165) is 12.1 Å². The summed E-state index contributed by atoms with van der Waals surface area (Å²) in [5, 5.41) is 4.19. The zero-order valence-corrected chi connectivity index (χ0v) is 7.53. The van der Waals surface area contributed by atoms with Crippen LogP contribution in [-0.4, -0.2) is 16.4 Å². The van der Waals surface area contributed by atoms with Gasteiger partial charge in [0.1, 0.15) is 0 Å². The summed E-state index contributed by atoms with van der Waals surface area (Å²) in [5.74, 6) is 4.94. The number of aromatic nitrogens is 2. The van der Waals surface area contributed by atoms with Crippen molar-refractivity contribution in [1.82, 2.24) is 9.78 Å². The molecule has 0 bridgehead atoms. The second kappa shape index (κ2) is 4.23. The van der Waals surface area contributed by atoms with E-state index in [4.69, 9.17) is 5.90 Å². The molecule has 0 saturated carbocycles. The SMILES string of the molecule is CC(C)n1nccc1CCON. The zero-order chi connectivity index (χ0) is 8.97. The Morgan fingerprint density at radius 3 is 3.00 bits per heavy atom. The monoisotopic (exact) mass is 169 g/mol. The number of nitrogens with zero attached hydrogens (tertiary/aromatic N) is 2. The Morgan fingerprint density at radius 2 is 2.42 bits per heavy atom. The highest BCUT2D eigenvalue weighted by Crippen LogP contribution is 2.07. The van der Waals surface area contributed by atoms with Crippen LogP contribution in [0.3, 0.4) is 0 Å². The molecule has 0 amide bonds. The van der Waals surface area contributed by atoms with Crippen molar-refractivity contribution in [1.29, 1.82) is 0 Å². The summed E-state index contributed by atoms with van der Waals surface area (Å²) in [5.41, 5.74) is 1.16. The van der Waals surface area contributed by atoms with Crippen LogP contribution in [0.15, 0.2) is 12.3 Å². The third-order valence-electron chi connectivity index (χ3n) is 1.72. The van der Waals surface area contributed by atoms with Gasteiger partial charge in [-0.2, -0.15) is 5.10 Å². The third kappa shape index (κ3) is 2.06. The highest BCUT2D eigenvalue weighted by molar-refractivity contribution is 5.01.